The first kappa shape index (κ1) is 27.3. The Hall–Kier alpha value is -3.24. The zero-order valence-corrected chi connectivity index (χ0v) is 21.6. The minimum absolute atomic E-state index is 0.218. The minimum atomic E-state index is -0.218. The molecular weight excluding hydrogens is 449 g/mol. The van der Waals surface area contributed by atoms with Crippen LogP contribution in [0.25, 0.3) is 28.3 Å². The lowest BCUT2D eigenvalue weighted by molar-refractivity contribution is 0.0566. The molecule has 0 saturated heterocycles. The van der Waals surface area contributed by atoms with E-state index in [0.717, 1.165) is 54.5 Å². The van der Waals surface area contributed by atoms with Crippen LogP contribution in [0.4, 0.5) is 4.39 Å². The second-order valence-electron chi connectivity index (χ2n) is 9.02. The number of halogens is 1. The summed E-state index contributed by atoms with van der Waals surface area (Å²) in [4.78, 5) is 4.32. The van der Waals surface area contributed by atoms with Crippen LogP contribution in [0.2, 0.25) is 0 Å². The lowest BCUT2D eigenvalue weighted by Gasteiger charge is -2.12. The summed E-state index contributed by atoms with van der Waals surface area (Å²) < 4.78 is 26.2. The Bertz CT molecular complexity index is 1090. The molecule has 0 aliphatic carbocycles. The number of nitrogens with zero attached hydrogens (tertiary/aromatic N) is 1. The van der Waals surface area contributed by atoms with E-state index in [0.29, 0.717) is 24.2 Å². The standard InChI is InChI=1S/C32H38FNO2/c1-4-6-10-22-35-25(3)11-8-7-9-12-26-13-19-30(31(33)23-26)28-16-14-27(15-17-28)29-18-20-32(34-24-29)36-21-5-2/h5,9,12-20,23-25H,2,4,6-8,10-11,21-22H2,1,3H3/b12-9+. The number of aromatic nitrogens is 1. The van der Waals surface area contributed by atoms with Crippen LogP contribution in [0.15, 0.2) is 79.5 Å². The van der Waals surface area contributed by atoms with Crippen molar-refractivity contribution < 1.29 is 13.9 Å². The van der Waals surface area contributed by atoms with Crippen LogP contribution in [0.5, 0.6) is 5.88 Å². The molecule has 1 atom stereocenters. The first-order valence-corrected chi connectivity index (χ1v) is 13.0. The minimum Gasteiger partial charge on any atom is -0.473 e. The number of unbranched alkanes of at least 4 members (excludes halogenated alkanes) is 3. The number of benzene rings is 2. The maximum Gasteiger partial charge on any atom is 0.213 e. The molecule has 0 saturated carbocycles. The summed E-state index contributed by atoms with van der Waals surface area (Å²) in [7, 11) is 0. The number of ether oxygens (including phenoxy) is 2. The molecule has 0 fully saturated rings. The highest BCUT2D eigenvalue weighted by Crippen LogP contribution is 2.28. The van der Waals surface area contributed by atoms with E-state index >= 15 is 0 Å². The molecule has 190 valence electrons. The molecule has 2 aromatic carbocycles. The second-order valence-corrected chi connectivity index (χ2v) is 9.02. The molecule has 0 radical (unpaired) electrons. The van der Waals surface area contributed by atoms with Gasteiger partial charge < -0.3 is 9.47 Å². The van der Waals surface area contributed by atoms with E-state index < -0.39 is 0 Å². The Morgan fingerprint density at radius 1 is 0.972 bits per heavy atom. The van der Waals surface area contributed by atoms with Crippen LogP contribution in [-0.2, 0) is 4.74 Å². The number of hydrogen-bond acceptors (Lipinski definition) is 3. The van der Waals surface area contributed by atoms with Crippen molar-refractivity contribution in [2.24, 2.45) is 0 Å². The van der Waals surface area contributed by atoms with E-state index in [4.69, 9.17) is 9.47 Å². The first-order chi connectivity index (χ1) is 17.6. The Morgan fingerprint density at radius 3 is 2.44 bits per heavy atom. The molecule has 0 amide bonds. The van der Waals surface area contributed by atoms with Crippen LogP contribution >= 0.6 is 0 Å². The summed E-state index contributed by atoms with van der Waals surface area (Å²) in [6, 6.07) is 17.1. The predicted molar refractivity (Wildman–Crippen MR) is 149 cm³/mol. The Kier molecular flexibility index (Phi) is 11.4. The summed E-state index contributed by atoms with van der Waals surface area (Å²) in [5, 5.41) is 0. The van der Waals surface area contributed by atoms with Gasteiger partial charge in [-0.25, -0.2) is 9.37 Å². The summed E-state index contributed by atoms with van der Waals surface area (Å²) in [6.07, 6.45) is 14.5. The van der Waals surface area contributed by atoms with Gasteiger partial charge in [-0.2, -0.15) is 0 Å². The molecule has 3 aromatic rings. The molecule has 0 aliphatic heterocycles. The maximum atomic E-state index is 14.9. The lowest BCUT2D eigenvalue weighted by Crippen LogP contribution is -2.08. The highest BCUT2D eigenvalue weighted by atomic mass is 19.1. The zero-order chi connectivity index (χ0) is 25.6. The predicted octanol–water partition coefficient (Wildman–Crippen LogP) is 8.90. The fraction of sp³-hybridized carbons (Fsp3) is 0.344. The van der Waals surface area contributed by atoms with Crippen molar-refractivity contribution in [1.82, 2.24) is 4.98 Å². The van der Waals surface area contributed by atoms with Crippen LogP contribution in [0.3, 0.4) is 0 Å². The molecule has 0 aliphatic rings. The van der Waals surface area contributed by atoms with E-state index in [9.17, 15) is 4.39 Å². The fourth-order valence-corrected chi connectivity index (χ4v) is 3.95. The Balaban J connectivity index is 1.51. The van der Waals surface area contributed by atoms with Crippen LogP contribution in [0.1, 0.15) is 57.9 Å². The van der Waals surface area contributed by atoms with Gasteiger partial charge in [0.15, 0.2) is 0 Å². The van der Waals surface area contributed by atoms with E-state index in [2.05, 4.69) is 31.5 Å². The monoisotopic (exact) mass is 487 g/mol. The van der Waals surface area contributed by atoms with Crippen molar-refractivity contribution in [2.75, 3.05) is 13.2 Å². The number of rotatable bonds is 15. The average Bonchev–Trinajstić information content (AvgIpc) is 2.90. The Morgan fingerprint density at radius 2 is 1.75 bits per heavy atom. The molecule has 3 rings (SSSR count). The van der Waals surface area contributed by atoms with Crippen LogP contribution in [0, 0.1) is 5.82 Å². The third-order valence-corrected chi connectivity index (χ3v) is 6.05. The third kappa shape index (κ3) is 8.76. The van der Waals surface area contributed by atoms with Gasteiger partial charge >= 0.3 is 0 Å². The molecule has 0 N–H and O–H groups in total. The van der Waals surface area contributed by atoms with Gasteiger partial charge in [0.2, 0.25) is 5.88 Å². The summed E-state index contributed by atoms with van der Waals surface area (Å²) in [5.74, 6) is 0.345. The second kappa shape index (κ2) is 15.0. The Labute approximate surface area is 215 Å². The molecule has 0 spiro atoms. The van der Waals surface area contributed by atoms with E-state index in [-0.39, 0.29) is 5.82 Å². The summed E-state index contributed by atoms with van der Waals surface area (Å²) >= 11 is 0. The van der Waals surface area contributed by atoms with Crippen molar-refractivity contribution >= 4 is 6.08 Å². The topological polar surface area (TPSA) is 31.4 Å². The lowest BCUT2D eigenvalue weighted by atomic mass is 9.99. The van der Waals surface area contributed by atoms with E-state index in [1.165, 1.54) is 12.8 Å². The van der Waals surface area contributed by atoms with Crippen molar-refractivity contribution in [1.29, 1.82) is 0 Å². The van der Waals surface area contributed by atoms with Gasteiger partial charge in [0.05, 0.1) is 6.10 Å². The summed E-state index contributed by atoms with van der Waals surface area (Å²) in [5.41, 5.74) is 4.31. The number of pyridine rings is 1. The van der Waals surface area contributed by atoms with Gasteiger partial charge in [-0.05, 0) is 61.4 Å². The van der Waals surface area contributed by atoms with Gasteiger partial charge in [-0.1, -0.05) is 81.0 Å². The molecule has 1 unspecified atom stereocenters. The normalized spacial score (nSPS) is 12.1. The molecule has 36 heavy (non-hydrogen) atoms. The van der Waals surface area contributed by atoms with Crippen molar-refractivity contribution in [3.05, 3.63) is 90.9 Å². The van der Waals surface area contributed by atoms with Crippen molar-refractivity contribution in [2.45, 2.75) is 58.5 Å². The number of hydrogen-bond donors (Lipinski definition) is 0. The maximum absolute atomic E-state index is 14.9. The highest BCUT2D eigenvalue weighted by Gasteiger charge is 2.07. The van der Waals surface area contributed by atoms with Gasteiger partial charge in [-0.3, -0.25) is 0 Å². The zero-order valence-electron chi connectivity index (χ0n) is 21.6. The average molecular weight is 488 g/mol. The van der Waals surface area contributed by atoms with Crippen molar-refractivity contribution in [3.8, 4) is 28.1 Å². The van der Waals surface area contributed by atoms with Crippen LogP contribution < -0.4 is 4.74 Å². The molecule has 0 bridgehead atoms. The fourth-order valence-electron chi connectivity index (χ4n) is 3.95. The van der Waals surface area contributed by atoms with Gasteiger partial charge in [0.1, 0.15) is 12.4 Å². The molecule has 1 aromatic heterocycles. The quantitative estimate of drug-likeness (QED) is 0.158. The van der Waals surface area contributed by atoms with E-state index in [1.54, 1.807) is 18.3 Å². The number of allylic oxidation sites excluding steroid dienone is 1. The smallest absolute Gasteiger partial charge is 0.213 e. The van der Waals surface area contributed by atoms with Gasteiger partial charge in [-0.15, -0.1) is 0 Å². The first-order valence-electron chi connectivity index (χ1n) is 13.0. The molecular formula is C32H38FNO2. The molecule has 1 heterocycles. The largest absolute Gasteiger partial charge is 0.473 e. The highest BCUT2D eigenvalue weighted by molar-refractivity contribution is 5.71. The van der Waals surface area contributed by atoms with E-state index in [1.807, 2.05) is 54.6 Å². The third-order valence-electron chi connectivity index (χ3n) is 6.05. The van der Waals surface area contributed by atoms with Gasteiger partial charge in [0.25, 0.3) is 0 Å². The van der Waals surface area contributed by atoms with Gasteiger partial charge in [0, 0.05) is 30.0 Å². The molecule has 4 heteroatoms. The SMILES string of the molecule is C=CCOc1ccc(-c2ccc(-c3ccc(/C=C/CCCC(C)OCCCCC)cc3F)cc2)cn1. The molecule has 3 nitrogen and oxygen atoms in total. The summed E-state index contributed by atoms with van der Waals surface area (Å²) in [6.45, 7) is 9.26. The van der Waals surface area contributed by atoms with Crippen molar-refractivity contribution in [3.63, 3.8) is 0 Å². The van der Waals surface area contributed by atoms with Crippen LogP contribution in [-0.4, -0.2) is 24.3 Å².